The number of rotatable bonds is 5. The van der Waals surface area contributed by atoms with E-state index in [4.69, 9.17) is 18.6 Å². The summed E-state index contributed by atoms with van der Waals surface area (Å²) in [6, 6.07) is 0. The van der Waals surface area contributed by atoms with E-state index in [1.54, 1.807) is 0 Å². The molecular formula is C16H32O5Si. The van der Waals surface area contributed by atoms with Gasteiger partial charge in [0.25, 0.3) is 0 Å². The Balaban J connectivity index is 1.96. The van der Waals surface area contributed by atoms with E-state index in [0.717, 1.165) is 0 Å². The zero-order valence-corrected chi connectivity index (χ0v) is 16.2. The van der Waals surface area contributed by atoms with Crippen molar-refractivity contribution in [3.63, 3.8) is 0 Å². The van der Waals surface area contributed by atoms with Crippen molar-refractivity contribution in [3.8, 4) is 0 Å². The summed E-state index contributed by atoms with van der Waals surface area (Å²) in [4.78, 5) is 0. The molecule has 0 aromatic carbocycles. The highest BCUT2D eigenvalue weighted by molar-refractivity contribution is 6.74. The number of ether oxygens (including phenoxy) is 3. The van der Waals surface area contributed by atoms with Crippen LogP contribution in [0.15, 0.2) is 0 Å². The van der Waals surface area contributed by atoms with Gasteiger partial charge in [-0.2, -0.15) is 0 Å². The third kappa shape index (κ3) is 3.57. The number of epoxide rings is 1. The van der Waals surface area contributed by atoms with Crippen LogP contribution in [0.25, 0.3) is 0 Å². The van der Waals surface area contributed by atoms with Gasteiger partial charge in [-0.25, -0.2) is 0 Å². The average molecular weight is 333 g/mol. The summed E-state index contributed by atoms with van der Waals surface area (Å²) in [6.45, 7) is 17.4. The van der Waals surface area contributed by atoms with Crippen LogP contribution in [0.2, 0.25) is 18.1 Å². The van der Waals surface area contributed by atoms with Crippen molar-refractivity contribution in [2.75, 3.05) is 13.2 Å². The van der Waals surface area contributed by atoms with Crippen molar-refractivity contribution in [3.05, 3.63) is 0 Å². The van der Waals surface area contributed by atoms with Crippen molar-refractivity contribution in [1.82, 2.24) is 0 Å². The first-order valence-corrected chi connectivity index (χ1v) is 11.0. The second kappa shape index (κ2) is 5.53. The van der Waals surface area contributed by atoms with Gasteiger partial charge in [0.1, 0.15) is 23.9 Å². The van der Waals surface area contributed by atoms with E-state index in [2.05, 4.69) is 33.9 Å². The second-order valence-electron chi connectivity index (χ2n) is 8.72. The highest BCUT2D eigenvalue weighted by Crippen LogP contribution is 2.47. The van der Waals surface area contributed by atoms with E-state index in [-0.39, 0.29) is 35.6 Å². The fourth-order valence-electron chi connectivity index (χ4n) is 2.59. The fourth-order valence-corrected chi connectivity index (χ4v) is 3.67. The van der Waals surface area contributed by atoms with Crippen LogP contribution in [0.3, 0.4) is 0 Å². The van der Waals surface area contributed by atoms with Crippen molar-refractivity contribution in [2.45, 2.75) is 89.4 Å². The number of aliphatic hydroxyl groups is 1. The Kier molecular flexibility index (Phi) is 4.62. The molecule has 2 rings (SSSR count). The summed E-state index contributed by atoms with van der Waals surface area (Å²) in [5, 5.41) is 9.67. The molecule has 2 heterocycles. The van der Waals surface area contributed by atoms with E-state index in [1.165, 1.54) is 0 Å². The first-order valence-electron chi connectivity index (χ1n) is 8.10. The lowest BCUT2D eigenvalue weighted by Crippen LogP contribution is -2.44. The molecule has 6 heteroatoms. The first kappa shape index (κ1) is 18.4. The fraction of sp³-hybridized carbons (Fsp3) is 1.00. The van der Waals surface area contributed by atoms with Gasteiger partial charge >= 0.3 is 0 Å². The Morgan fingerprint density at radius 3 is 2.18 bits per heavy atom. The molecule has 2 aliphatic heterocycles. The van der Waals surface area contributed by atoms with Gasteiger partial charge in [0.05, 0.1) is 13.2 Å². The van der Waals surface area contributed by atoms with Gasteiger partial charge in [0, 0.05) is 0 Å². The molecule has 2 fully saturated rings. The minimum Gasteiger partial charge on any atom is -0.414 e. The van der Waals surface area contributed by atoms with Crippen LogP contribution in [-0.2, 0) is 18.6 Å². The Morgan fingerprint density at radius 2 is 1.68 bits per heavy atom. The van der Waals surface area contributed by atoms with Crippen LogP contribution in [0.1, 0.15) is 41.5 Å². The van der Waals surface area contributed by atoms with Gasteiger partial charge in [-0.05, 0) is 38.9 Å². The summed E-state index contributed by atoms with van der Waals surface area (Å²) in [7, 11) is -1.80. The largest absolute Gasteiger partial charge is 0.414 e. The molecule has 130 valence electrons. The summed E-state index contributed by atoms with van der Waals surface area (Å²) < 4.78 is 23.8. The van der Waals surface area contributed by atoms with E-state index < -0.39 is 14.1 Å². The van der Waals surface area contributed by atoms with Crippen molar-refractivity contribution >= 4 is 8.32 Å². The Hall–Kier alpha value is 0.0169. The van der Waals surface area contributed by atoms with Gasteiger partial charge in [-0.3, -0.25) is 0 Å². The molecule has 0 radical (unpaired) electrons. The molecule has 0 spiro atoms. The van der Waals surface area contributed by atoms with Gasteiger partial charge < -0.3 is 23.7 Å². The first-order chi connectivity index (χ1) is 9.81. The highest BCUT2D eigenvalue weighted by atomic mass is 28.4. The molecule has 4 atom stereocenters. The molecular weight excluding hydrogens is 300 g/mol. The minimum atomic E-state index is -1.80. The molecule has 2 aliphatic rings. The zero-order valence-electron chi connectivity index (χ0n) is 15.2. The molecule has 0 amide bonds. The summed E-state index contributed by atoms with van der Waals surface area (Å²) in [5.41, 5.74) is -0.350. The average Bonchev–Trinajstić information content (AvgIpc) is 2.92. The highest BCUT2D eigenvalue weighted by Gasteiger charge is 2.62. The number of aliphatic hydroxyl groups excluding tert-OH is 1. The van der Waals surface area contributed by atoms with Crippen LogP contribution in [0, 0.1) is 0 Å². The molecule has 5 nitrogen and oxygen atoms in total. The van der Waals surface area contributed by atoms with Gasteiger partial charge in [-0.15, -0.1) is 0 Å². The van der Waals surface area contributed by atoms with E-state index in [1.807, 2.05) is 20.8 Å². The molecule has 0 aromatic rings. The zero-order chi connectivity index (χ0) is 17.0. The third-order valence-corrected chi connectivity index (χ3v) is 9.64. The van der Waals surface area contributed by atoms with Crippen molar-refractivity contribution in [2.24, 2.45) is 0 Å². The Labute approximate surface area is 135 Å². The Bertz CT molecular complexity index is 417. The maximum atomic E-state index is 9.50. The smallest absolute Gasteiger partial charge is 0.192 e. The lowest BCUT2D eigenvalue weighted by molar-refractivity contribution is -0.150. The maximum Gasteiger partial charge on any atom is 0.192 e. The van der Waals surface area contributed by atoms with Crippen LogP contribution in [0.5, 0.6) is 0 Å². The monoisotopic (exact) mass is 332 g/mol. The number of hydrogen-bond donors (Lipinski definition) is 1. The standard InChI is InChI=1S/C16H32O5Si/c1-14(2,3)22(7,8)18-10-16(6)13(21-16)12-11(9-17)19-15(4,5)20-12/h11-13,17H,9-10H2,1-8H3/t11-,12+,13-,16-/m0/s1. The number of hydrogen-bond acceptors (Lipinski definition) is 5. The summed E-state index contributed by atoms with van der Waals surface area (Å²) >= 11 is 0. The van der Waals surface area contributed by atoms with Crippen LogP contribution < -0.4 is 0 Å². The maximum absolute atomic E-state index is 9.50. The predicted octanol–water partition coefficient (Wildman–Crippen LogP) is 2.68. The molecule has 0 bridgehead atoms. The predicted molar refractivity (Wildman–Crippen MR) is 87.3 cm³/mol. The van der Waals surface area contributed by atoms with E-state index in [9.17, 15) is 5.11 Å². The molecule has 0 aromatic heterocycles. The van der Waals surface area contributed by atoms with Crippen LogP contribution >= 0.6 is 0 Å². The summed E-state index contributed by atoms with van der Waals surface area (Å²) in [6.07, 6.45) is -0.668. The van der Waals surface area contributed by atoms with Crippen molar-refractivity contribution < 1.29 is 23.7 Å². The Morgan fingerprint density at radius 1 is 1.09 bits per heavy atom. The molecule has 2 saturated heterocycles. The van der Waals surface area contributed by atoms with Crippen molar-refractivity contribution in [1.29, 1.82) is 0 Å². The molecule has 22 heavy (non-hydrogen) atoms. The third-order valence-electron chi connectivity index (χ3n) is 5.17. The minimum absolute atomic E-state index is 0.0624. The molecule has 0 aliphatic carbocycles. The quantitative estimate of drug-likeness (QED) is 0.619. The van der Waals surface area contributed by atoms with Gasteiger partial charge in [0.2, 0.25) is 0 Å². The lowest BCUT2D eigenvalue weighted by Gasteiger charge is -2.36. The topological polar surface area (TPSA) is 60.5 Å². The van der Waals surface area contributed by atoms with E-state index >= 15 is 0 Å². The normalized spacial score (nSPS) is 38.3. The van der Waals surface area contributed by atoms with E-state index in [0.29, 0.717) is 6.61 Å². The molecule has 0 unspecified atom stereocenters. The van der Waals surface area contributed by atoms with Crippen LogP contribution in [-0.4, -0.2) is 56.3 Å². The van der Waals surface area contributed by atoms with Gasteiger partial charge in [-0.1, -0.05) is 20.8 Å². The lowest BCUT2D eigenvalue weighted by atomic mass is 10.0. The SMILES string of the molecule is CC1(C)O[C@@H]([C@@H]2O[C@@]2(C)CO[Si](C)(C)C(C)(C)C)[C@H](CO)O1. The molecule has 0 saturated carbocycles. The van der Waals surface area contributed by atoms with Gasteiger partial charge in [0.15, 0.2) is 14.1 Å². The van der Waals surface area contributed by atoms with Crippen LogP contribution in [0.4, 0.5) is 0 Å². The second-order valence-corrected chi connectivity index (χ2v) is 13.5. The summed E-state index contributed by atoms with van der Waals surface area (Å²) in [5.74, 6) is -0.675. The molecule has 1 N–H and O–H groups in total.